The van der Waals surface area contributed by atoms with Crippen LogP contribution in [-0.2, 0) is 4.74 Å². The number of aliphatic imine (C=N–C) groups is 1. The van der Waals surface area contributed by atoms with E-state index in [0.717, 1.165) is 13.0 Å². The van der Waals surface area contributed by atoms with Crippen LogP contribution in [0.25, 0.3) is 0 Å². The Bertz CT molecular complexity index is 245. The zero-order chi connectivity index (χ0) is 11.9. The molecule has 1 heterocycles. The van der Waals surface area contributed by atoms with Crippen LogP contribution in [0, 0.1) is 0 Å². The third-order valence-electron chi connectivity index (χ3n) is 3.56. The van der Waals surface area contributed by atoms with E-state index in [-0.39, 0.29) is 6.10 Å². The molecule has 5 heteroatoms. The number of rotatable bonds is 3. The number of nitrogens with one attached hydrogen (secondary N) is 2. The Hall–Kier alpha value is -0.810. The molecule has 0 radical (unpaired) electrons. The Morgan fingerprint density at radius 1 is 1.18 bits per heavy atom. The van der Waals surface area contributed by atoms with Crippen LogP contribution in [0.3, 0.4) is 0 Å². The van der Waals surface area contributed by atoms with Gasteiger partial charge in [-0.1, -0.05) is 12.8 Å². The van der Waals surface area contributed by atoms with Gasteiger partial charge in [0.05, 0.1) is 12.6 Å². The summed E-state index contributed by atoms with van der Waals surface area (Å²) in [7, 11) is 0. The van der Waals surface area contributed by atoms with Crippen molar-refractivity contribution >= 4 is 5.96 Å². The Balaban J connectivity index is 1.75. The summed E-state index contributed by atoms with van der Waals surface area (Å²) in [5, 5.41) is 3.36. The molecule has 17 heavy (non-hydrogen) atoms. The van der Waals surface area contributed by atoms with Gasteiger partial charge in [-0.25, -0.2) is 10.8 Å². The lowest BCUT2D eigenvalue weighted by molar-refractivity contribution is 0.0224. The minimum absolute atomic E-state index is 0.275. The van der Waals surface area contributed by atoms with Crippen LogP contribution in [0.4, 0.5) is 0 Å². The van der Waals surface area contributed by atoms with Gasteiger partial charge >= 0.3 is 0 Å². The summed E-state index contributed by atoms with van der Waals surface area (Å²) in [6, 6.07) is 0.539. The number of nitrogens with zero attached hydrogens (tertiary/aromatic N) is 1. The molecule has 2 aliphatic rings. The number of hydrogen-bond donors (Lipinski definition) is 3. The lowest BCUT2D eigenvalue weighted by Crippen LogP contribution is -2.46. The molecular weight excluding hydrogens is 216 g/mol. The fraction of sp³-hybridized carbons (Fsp3) is 0.917. The third-order valence-corrected chi connectivity index (χ3v) is 3.56. The van der Waals surface area contributed by atoms with Crippen LogP contribution in [0.2, 0.25) is 0 Å². The quantitative estimate of drug-likeness (QED) is 0.297. The van der Waals surface area contributed by atoms with Gasteiger partial charge in [0, 0.05) is 12.6 Å². The van der Waals surface area contributed by atoms with Crippen molar-refractivity contribution < 1.29 is 4.74 Å². The molecule has 1 atom stereocenters. The molecule has 0 aromatic carbocycles. The molecule has 2 fully saturated rings. The van der Waals surface area contributed by atoms with Crippen molar-refractivity contribution in [1.82, 2.24) is 10.7 Å². The minimum atomic E-state index is 0.275. The number of nitrogens with two attached hydrogens (primary N) is 1. The Morgan fingerprint density at radius 2 is 1.94 bits per heavy atom. The van der Waals surface area contributed by atoms with E-state index in [9.17, 15) is 0 Å². The molecule has 0 bridgehead atoms. The number of guanidine groups is 1. The largest absolute Gasteiger partial charge is 0.376 e. The Morgan fingerprint density at radius 3 is 2.59 bits per heavy atom. The summed E-state index contributed by atoms with van der Waals surface area (Å²) in [6.07, 6.45) is 8.89. The lowest BCUT2D eigenvalue weighted by atomic mass is 10.1. The molecule has 0 amide bonds. The first kappa shape index (κ1) is 12.6. The highest BCUT2D eigenvalue weighted by Gasteiger charge is 2.17. The van der Waals surface area contributed by atoms with E-state index in [1.54, 1.807) is 0 Å². The van der Waals surface area contributed by atoms with E-state index in [1.807, 2.05) is 0 Å². The molecule has 1 saturated heterocycles. The second kappa shape index (κ2) is 6.81. The predicted molar refractivity (Wildman–Crippen MR) is 68.6 cm³/mol. The smallest absolute Gasteiger partial charge is 0.206 e. The summed E-state index contributed by atoms with van der Waals surface area (Å²) in [5.41, 5.74) is 2.65. The summed E-state index contributed by atoms with van der Waals surface area (Å²) >= 11 is 0. The van der Waals surface area contributed by atoms with Crippen LogP contribution in [-0.4, -0.2) is 31.3 Å². The number of ether oxygens (including phenoxy) is 1. The molecule has 0 aromatic rings. The SMILES string of the molecule is NNC(=NCC1CCCCO1)NC1CCCC1. The zero-order valence-electron chi connectivity index (χ0n) is 10.5. The van der Waals surface area contributed by atoms with E-state index in [2.05, 4.69) is 15.7 Å². The number of hydrogen-bond acceptors (Lipinski definition) is 3. The molecule has 5 nitrogen and oxygen atoms in total. The van der Waals surface area contributed by atoms with Crippen molar-refractivity contribution in [1.29, 1.82) is 0 Å². The monoisotopic (exact) mass is 240 g/mol. The number of hydrazine groups is 1. The first-order valence-corrected chi connectivity index (χ1v) is 6.77. The highest BCUT2D eigenvalue weighted by atomic mass is 16.5. The van der Waals surface area contributed by atoms with E-state index in [1.165, 1.54) is 38.5 Å². The fourth-order valence-electron chi connectivity index (χ4n) is 2.54. The second-order valence-corrected chi connectivity index (χ2v) is 4.95. The van der Waals surface area contributed by atoms with Crippen LogP contribution >= 0.6 is 0 Å². The van der Waals surface area contributed by atoms with Gasteiger partial charge in [-0.3, -0.25) is 5.43 Å². The van der Waals surface area contributed by atoms with Gasteiger partial charge in [-0.2, -0.15) is 0 Å². The standard InChI is InChI=1S/C12H24N4O/c13-16-12(15-10-5-1-2-6-10)14-9-11-7-3-4-8-17-11/h10-11H,1-9,13H2,(H2,14,15,16). The lowest BCUT2D eigenvalue weighted by Gasteiger charge is -2.21. The van der Waals surface area contributed by atoms with E-state index >= 15 is 0 Å². The van der Waals surface area contributed by atoms with Gasteiger partial charge in [-0.15, -0.1) is 0 Å². The van der Waals surface area contributed by atoms with Gasteiger partial charge in [0.15, 0.2) is 0 Å². The summed E-state index contributed by atoms with van der Waals surface area (Å²) in [5.74, 6) is 6.20. The van der Waals surface area contributed by atoms with Crippen LogP contribution < -0.4 is 16.6 Å². The zero-order valence-corrected chi connectivity index (χ0v) is 10.5. The van der Waals surface area contributed by atoms with Crippen LogP contribution in [0.5, 0.6) is 0 Å². The average molecular weight is 240 g/mol. The maximum atomic E-state index is 5.64. The van der Waals surface area contributed by atoms with Crippen molar-refractivity contribution in [3.05, 3.63) is 0 Å². The van der Waals surface area contributed by atoms with Crippen molar-refractivity contribution in [3.63, 3.8) is 0 Å². The summed E-state index contributed by atoms with van der Waals surface area (Å²) in [6.45, 7) is 1.58. The van der Waals surface area contributed by atoms with Crippen LogP contribution in [0.15, 0.2) is 4.99 Å². The van der Waals surface area contributed by atoms with Gasteiger partial charge in [-0.05, 0) is 32.1 Å². The molecular formula is C12H24N4O. The van der Waals surface area contributed by atoms with Gasteiger partial charge in [0.25, 0.3) is 0 Å². The van der Waals surface area contributed by atoms with Crippen molar-refractivity contribution in [3.8, 4) is 0 Å². The molecule has 0 aromatic heterocycles. The van der Waals surface area contributed by atoms with E-state index in [4.69, 9.17) is 10.6 Å². The van der Waals surface area contributed by atoms with Crippen molar-refractivity contribution in [2.45, 2.75) is 57.1 Å². The van der Waals surface area contributed by atoms with Gasteiger partial charge < -0.3 is 10.1 Å². The normalized spacial score (nSPS) is 27.1. The van der Waals surface area contributed by atoms with E-state index in [0.29, 0.717) is 18.5 Å². The highest BCUT2D eigenvalue weighted by Crippen LogP contribution is 2.17. The van der Waals surface area contributed by atoms with Crippen LogP contribution in [0.1, 0.15) is 44.9 Å². The molecule has 1 unspecified atom stereocenters. The van der Waals surface area contributed by atoms with Gasteiger partial charge in [0.2, 0.25) is 5.96 Å². The Labute approximate surface area is 103 Å². The molecule has 4 N–H and O–H groups in total. The summed E-state index contributed by atoms with van der Waals surface area (Å²) in [4.78, 5) is 4.47. The summed E-state index contributed by atoms with van der Waals surface area (Å²) < 4.78 is 5.64. The first-order chi connectivity index (χ1) is 8.38. The maximum absolute atomic E-state index is 5.64. The van der Waals surface area contributed by atoms with E-state index < -0.39 is 0 Å². The topological polar surface area (TPSA) is 71.7 Å². The molecule has 1 aliphatic heterocycles. The third kappa shape index (κ3) is 4.16. The minimum Gasteiger partial charge on any atom is -0.376 e. The molecule has 1 aliphatic carbocycles. The molecule has 98 valence electrons. The Kier molecular flexibility index (Phi) is 5.07. The second-order valence-electron chi connectivity index (χ2n) is 4.95. The van der Waals surface area contributed by atoms with Gasteiger partial charge in [0.1, 0.15) is 0 Å². The molecule has 2 rings (SSSR count). The van der Waals surface area contributed by atoms with Crippen molar-refractivity contribution in [2.24, 2.45) is 10.8 Å². The first-order valence-electron chi connectivity index (χ1n) is 6.77. The average Bonchev–Trinajstić information content (AvgIpc) is 2.88. The van der Waals surface area contributed by atoms with Crippen molar-refractivity contribution in [2.75, 3.05) is 13.2 Å². The maximum Gasteiger partial charge on any atom is 0.206 e. The fourth-order valence-corrected chi connectivity index (χ4v) is 2.54. The predicted octanol–water partition coefficient (Wildman–Crippen LogP) is 0.907. The molecule has 1 saturated carbocycles. The molecule has 0 spiro atoms. The highest BCUT2D eigenvalue weighted by molar-refractivity contribution is 5.79.